The summed E-state index contributed by atoms with van der Waals surface area (Å²) in [5, 5.41) is 3.10. The molecule has 0 spiro atoms. The van der Waals surface area contributed by atoms with Crippen LogP contribution >= 0.6 is 0 Å². The second-order valence-corrected chi connectivity index (χ2v) is 4.54. The third-order valence-electron chi connectivity index (χ3n) is 2.91. The molecular formula is C16H17F2NO. The van der Waals surface area contributed by atoms with Crippen molar-refractivity contribution in [3.8, 4) is 11.5 Å². The molecule has 0 radical (unpaired) electrons. The Hall–Kier alpha value is -1.94. The highest BCUT2D eigenvalue weighted by molar-refractivity contribution is 5.40. The monoisotopic (exact) mass is 277 g/mol. The zero-order valence-electron chi connectivity index (χ0n) is 11.5. The van der Waals surface area contributed by atoms with Crippen LogP contribution in [-0.4, -0.2) is 6.54 Å². The Balaban J connectivity index is 2.34. The number of hydrogen-bond donors (Lipinski definition) is 1. The Labute approximate surface area is 117 Å². The fourth-order valence-electron chi connectivity index (χ4n) is 1.87. The van der Waals surface area contributed by atoms with E-state index >= 15 is 0 Å². The average Bonchev–Trinajstić information content (AvgIpc) is 2.43. The summed E-state index contributed by atoms with van der Waals surface area (Å²) in [6.07, 6.45) is 0. The summed E-state index contributed by atoms with van der Waals surface area (Å²) >= 11 is 0. The number of rotatable bonds is 5. The van der Waals surface area contributed by atoms with E-state index in [1.165, 1.54) is 12.1 Å². The van der Waals surface area contributed by atoms with Gasteiger partial charge < -0.3 is 10.1 Å². The molecule has 0 unspecified atom stereocenters. The summed E-state index contributed by atoms with van der Waals surface area (Å²) in [5.41, 5.74) is 1.51. The largest absolute Gasteiger partial charge is 0.451 e. The van der Waals surface area contributed by atoms with E-state index in [9.17, 15) is 8.78 Å². The highest BCUT2D eigenvalue weighted by atomic mass is 19.1. The number of halogens is 2. The van der Waals surface area contributed by atoms with E-state index < -0.39 is 11.6 Å². The first-order valence-corrected chi connectivity index (χ1v) is 6.54. The van der Waals surface area contributed by atoms with Crippen molar-refractivity contribution >= 4 is 0 Å². The van der Waals surface area contributed by atoms with Gasteiger partial charge in [0.15, 0.2) is 23.1 Å². The molecule has 1 N–H and O–H groups in total. The van der Waals surface area contributed by atoms with E-state index in [0.717, 1.165) is 12.1 Å². The number of ether oxygens (including phenoxy) is 1. The first-order chi connectivity index (χ1) is 9.61. The fourth-order valence-corrected chi connectivity index (χ4v) is 1.87. The normalized spacial score (nSPS) is 10.6. The van der Waals surface area contributed by atoms with Crippen molar-refractivity contribution in [2.24, 2.45) is 0 Å². The van der Waals surface area contributed by atoms with E-state index in [0.29, 0.717) is 12.1 Å². The highest BCUT2D eigenvalue weighted by Crippen LogP contribution is 2.30. The Kier molecular flexibility index (Phi) is 4.69. The maximum absolute atomic E-state index is 13.9. The number of aryl methyl sites for hydroxylation is 1. The minimum Gasteiger partial charge on any atom is -0.451 e. The maximum Gasteiger partial charge on any atom is 0.167 e. The molecule has 2 rings (SSSR count). The molecule has 20 heavy (non-hydrogen) atoms. The van der Waals surface area contributed by atoms with Crippen LogP contribution in [0.25, 0.3) is 0 Å². The first kappa shape index (κ1) is 14.5. The van der Waals surface area contributed by atoms with Gasteiger partial charge in [0.1, 0.15) is 0 Å². The van der Waals surface area contributed by atoms with Crippen LogP contribution in [0.3, 0.4) is 0 Å². The van der Waals surface area contributed by atoms with Crippen LogP contribution in [0, 0.1) is 18.6 Å². The van der Waals surface area contributed by atoms with Crippen molar-refractivity contribution in [2.45, 2.75) is 20.4 Å². The van der Waals surface area contributed by atoms with Crippen LogP contribution in [0.5, 0.6) is 11.5 Å². The zero-order chi connectivity index (χ0) is 14.5. The van der Waals surface area contributed by atoms with Crippen LogP contribution < -0.4 is 10.1 Å². The first-order valence-electron chi connectivity index (χ1n) is 6.54. The minimum atomic E-state index is -0.506. The lowest BCUT2D eigenvalue weighted by molar-refractivity contribution is 0.408. The topological polar surface area (TPSA) is 21.3 Å². The highest BCUT2D eigenvalue weighted by Gasteiger charge is 2.13. The molecule has 0 amide bonds. The van der Waals surface area contributed by atoms with Gasteiger partial charge in [-0.05, 0) is 37.2 Å². The van der Waals surface area contributed by atoms with E-state index in [4.69, 9.17) is 4.74 Å². The summed E-state index contributed by atoms with van der Waals surface area (Å²) in [6.45, 7) is 5.01. The second-order valence-electron chi connectivity index (χ2n) is 4.54. The summed E-state index contributed by atoms with van der Waals surface area (Å²) in [7, 11) is 0. The van der Waals surface area contributed by atoms with Crippen LogP contribution in [-0.2, 0) is 6.54 Å². The average molecular weight is 277 g/mol. The van der Waals surface area contributed by atoms with Gasteiger partial charge in [0.25, 0.3) is 0 Å². The molecule has 0 heterocycles. The minimum absolute atomic E-state index is 0.0350. The number of hydrogen-bond acceptors (Lipinski definition) is 2. The zero-order valence-corrected chi connectivity index (χ0v) is 11.5. The summed E-state index contributed by atoms with van der Waals surface area (Å²) in [6, 6.07) is 9.19. The number of nitrogens with one attached hydrogen (secondary N) is 1. The standard InChI is InChI=1S/C16H17F2NO/c1-3-19-10-12-5-4-6-14(18)16(12)20-15-9-11(2)7-8-13(15)17/h4-9,19H,3,10H2,1-2H3. The van der Waals surface area contributed by atoms with E-state index in [1.54, 1.807) is 24.3 Å². The Morgan fingerprint density at radius 3 is 2.65 bits per heavy atom. The fraction of sp³-hybridized carbons (Fsp3) is 0.250. The molecule has 0 bridgehead atoms. The molecule has 2 aromatic rings. The van der Waals surface area contributed by atoms with Crippen molar-refractivity contribution in [2.75, 3.05) is 6.54 Å². The molecule has 4 heteroatoms. The van der Waals surface area contributed by atoms with E-state index in [1.807, 2.05) is 13.8 Å². The predicted octanol–water partition coefficient (Wildman–Crippen LogP) is 4.18. The van der Waals surface area contributed by atoms with Crippen LogP contribution in [0.2, 0.25) is 0 Å². The second kappa shape index (κ2) is 6.48. The predicted molar refractivity (Wildman–Crippen MR) is 75.0 cm³/mol. The lowest BCUT2D eigenvalue weighted by Gasteiger charge is -2.13. The lowest BCUT2D eigenvalue weighted by Crippen LogP contribution is -2.13. The van der Waals surface area contributed by atoms with Gasteiger partial charge >= 0.3 is 0 Å². The Bertz CT molecular complexity index is 599. The van der Waals surface area contributed by atoms with Crippen molar-refractivity contribution in [3.05, 3.63) is 59.2 Å². The van der Waals surface area contributed by atoms with Gasteiger partial charge in [-0.15, -0.1) is 0 Å². The third kappa shape index (κ3) is 3.33. The molecule has 0 aliphatic carbocycles. The van der Waals surface area contributed by atoms with Gasteiger partial charge in [0.05, 0.1) is 0 Å². The number of para-hydroxylation sites is 1. The molecular weight excluding hydrogens is 260 g/mol. The van der Waals surface area contributed by atoms with Crippen molar-refractivity contribution in [1.29, 1.82) is 0 Å². The van der Waals surface area contributed by atoms with Crippen molar-refractivity contribution in [3.63, 3.8) is 0 Å². The SMILES string of the molecule is CCNCc1cccc(F)c1Oc1cc(C)ccc1F. The molecule has 2 aromatic carbocycles. The molecule has 0 fully saturated rings. The van der Waals surface area contributed by atoms with Crippen molar-refractivity contribution in [1.82, 2.24) is 5.32 Å². The van der Waals surface area contributed by atoms with E-state index in [-0.39, 0.29) is 11.5 Å². The summed E-state index contributed by atoms with van der Waals surface area (Å²) in [4.78, 5) is 0. The van der Waals surface area contributed by atoms with Gasteiger partial charge in [0.2, 0.25) is 0 Å². The Morgan fingerprint density at radius 1 is 1.10 bits per heavy atom. The molecule has 0 aliphatic heterocycles. The molecule has 0 aliphatic rings. The van der Waals surface area contributed by atoms with Gasteiger partial charge in [0, 0.05) is 12.1 Å². The molecule has 0 saturated carbocycles. The number of benzene rings is 2. The molecule has 106 valence electrons. The Morgan fingerprint density at radius 2 is 1.90 bits per heavy atom. The van der Waals surface area contributed by atoms with Gasteiger partial charge in [-0.3, -0.25) is 0 Å². The molecule has 0 atom stereocenters. The van der Waals surface area contributed by atoms with Crippen LogP contribution in [0.15, 0.2) is 36.4 Å². The quantitative estimate of drug-likeness (QED) is 0.885. The van der Waals surface area contributed by atoms with Gasteiger partial charge in [-0.2, -0.15) is 0 Å². The van der Waals surface area contributed by atoms with Crippen molar-refractivity contribution < 1.29 is 13.5 Å². The van der Waals surface area contributed by atoms with Gasteiger partial charge in [-0.1, -0.05) is 25.1 Å². The maximum atomic E-state index is 13.9. The smallest absolute Gasteiger partial charge is 0.167 e. The molecule has 0 aromatic heterocycles. The molecule has 0 saturated heterocycles. The third-order valence-corrected chi connectivity index (χ3v) is 2.91. The van der Waals surface area contributed by atoms with Crippen LogP contribution in [0.1, 0.15) is 18.1 Å². The van der Waals surface area contributed by atoms with E-state index in [2.05, 4.69) is 5.32 Å². The summed E-state index contributed by atoms with van der Waals surface area (Å²) in [5.74, 6) is -0.902. The lowest BCUT2D eigenvalue weighted by atomic mass is 10.2. The summed E-state index contributed by atoms with van der Waals surface area (Å²) < 4.78 is 33.1. The van der Waals surface area contributed by atoms with Crippen LogP contribution in [0.4, 0.5) is 8.78 Å². The molecule has 2 nitrogen and oxygen atoms in total. The van der Waals surface area contributed by atoms with Gasteiger partial charge in [-0.25, -0.2) is 8.78 Å².